The molecule has 0 spiro atoms. The van der Waals surface area contributed by atoms with Gasteiger partial charge in [-0.1, -0.05) is 0 Å². The van der Waals surface area contributed by atoms with Crippen LogP contribution in [0.3, 0.4) is 0 Å². The SMILES string of the molecule is CCOC(=O)c1sc(-c2ccc(F)cc2I)c(C)c1N. The Balaban J connectivity index is 2.53. The van der Waals surface area contributed by atoms with Crippen LogP contribution in [0, 0.1) is 16.3 Å². The van der Waals surface area contributed by atoms with Gasteiger partial charge in [-0.25, -0.2) is 9.18 Å². The lowest BCUT2D eigenvalue weighted by Crippen LogP contribution is -2.05. The van der Waals surface area contributed by atoms with E-state index in [2.05, 4.69) is 22.6 Å². The fourth-order valence-electron chi connectivity index (χ4n) is 1.81. The molecule has 0 atom stereocenters. The summed E-state index contributed by atoms with van der Waals surface area (Å²) < 4.78 is 18.9. The van der Waals surface area contributed by atoms with Crippen molar-refractivity contribution in [3.8, 4) is 10.4 Å². The van der Waals surface area contributed by atoms with Crippen LogP contribution >= 0.6 is 33.9 Å². The summed E-state index contributed by atoms with van der Waals surface area (Å²) in [7, 11) is 0. The van der Waals surface area contributed by atoms with Crippen molar-refractivity contribution in [2.45, 2.75) is 13.8 Å². The maximum absolute atomic E-state index is 13.2. The van der Waals surface area contributed by atoms with Gasteiger partial charge in [0.15, 0.2) is 0 Å². The average molecular weight is 405 g/mol. The van der Waals surface area contributed by atoms with E-state index in [-0.39, 0.29) is 5.82 Å². The standard InChI is InChI=1S/C14H13FINO2S/c1-3-19-14(18)13-11(17)7(2)12(20-13)9-5-4-8(15)6-10(9)16/h4-6H,3,17H2,1-2H3. The Labute approximate surface area is 134 Å². The van der Waals surface area contributed by atoms with E-state index in [4.69, 9.17) is 10.5 Å². The molecule has 1 heterocycles. The molecule has 106 valence electrons. The summed E-state index contributed by atoms with van der Waals surface area (Å²) in [5.41, 5.74) is 8.11. The van der Waals surface area contributed by atoms with Gasteiger partial charge in [-0.2, -0.15) is 0 Å². The number of hydrogen-bond acceptors (Lipinski definition) is 4. The van der Waals surface area contributed by atoms with Gasteiger partial charge in [-0.05, 0) is 60.2 Å². The van der Waals surface area contributed by atoms with E-state index in [0.29, 0.717) is 17.2 Å². The molecule has 2 N–H and O–H groups in total. The molecule has 0 unspecified atom stereocenters. The van der Waals surface area contributed by atoms with Crippen LogP contribution in [-0.4, -0.2) is 12.6 Å². The van der Waals surface area contributed by atoms with Crippen molar-refractivity contribution in [1.82, 2.24) is 0 Å². The van der Waals surface area contributed by atoms with Gasteiger partial charge in [0.25, 0.3) is 0 Å². The summed E-state index contributed by atoms with van der Waals surface area (Å²) in [6.45, 7) is 3.90. The molecular weight excluding hydrogens is 392 g/mol. The summed E-state index contributed by atoms with van der Waals surface area (Å²) in [6.07, 6.45) is 0. The molecule has 20 heavy (non-hydrogen) atoms. The number of carbonyl (C=O) groups excluding carboxylic acids is 1. The molecule has 0 amide bonds. The Morgan fingerprint density at radius 3 is 2.80 bits per heavy atom. The first-order valence-electron chi connectivity index (χ1n) is 5.97. The number of nitrogen functional groups attached to an aromatic ring is 1. The van der Waals surface area contributed by atoms with Gasteiger partial charge in [-0.15, -0.1) is 11.3 Å². The molecule has 1 aromatic heterocycles. The molecule has 0 aliphatic rings. The number of halogens is 2. The second kappa shape index (κ2) is 6.09. The molecule has 0 radical (unpaired) electrons. The van der Waals surface area contributed by atoms with Gasteiger partial charge >= 0.3 is 5.97 Å². The van der Waals surface area contributed by atoms with Crippen LogP contribution in [0.4, 0.5) is 10.1 Å². The number of carbonyl (C=O) groups is 1. The predicted octanol–water partition coefficient (Wildman–Crippen LogP) is 4.23. The summed E-state index contributed by atoms with van der Waals surface area (Å²) in [5.74, 6) is -0.701. The maximum atomic E-state index is 13.2. The second-order valence-corrected chi connectivity index (χ2v) is 6.33. The Hall–Kier alpha value is -1.15. The number of nitrogens with two attached hydrogens (primary N) is 1. The van der Waals surface area contributed by atoms with Crippen LogP contribution in [-0.2, 0) is 4.74 Å². The number of esters is 1. The van der Waals surface area contributed by atoms with E-state index in [0.717, 1.165) is 19.6 Å². The van der Waals surface area contributed by atoms with Gasteiger partial charge in [0.2, 0.25) is 0 Å². The largest absolute Gasteiger partial charge is 0.462 e. The van der Waals surface area contributed by atoms with Crippen LogP contribution < -0.4 is 5.73 Å². The molecule has 2 aromatic rings. The lowest BCUT2D eigenvalue weighted by molar-refractivity contribution is 0.0533. The number of rotatable bonds is 3. The number of benzene rings is 1. The molecule has 0 saturated heterocycles. The van der Waals surface area contributed by atoms with Crippen LogP contribution in [0.1, 0.15) is 22.2 Å². The highest BCUT2D eigenvalue weighted by Crippen LogP contribution is 2.40. The van der Waals surface area contributed by atoms with Gasteiger partial charge in [-0.3, -0.25) is 0 Å². The molecule has 0 aliphatic carbocycles. The maximum Gasteiger partial charge on any atom is 0.350 e. The fraction of sp³-hybridized carbons (Fsp3) is 0.214. The monoisotopic (exact) mass is 405 g/mol. The third-order valence-electron chi connectivity index (χ3n) is 2.83. The third kappa shape index (κ3) is 2.80. The molecule has 0 bridgehead atoms. The van der Waals surface area contributed by atoms with Gasteiger partial charge < -0.3 is 10.5 Å². The smallest absolute Gasteiger partial charge is 0.350 e. The average Bonchev–Trinajstić information content (AvgIpc) is 2.67. The predicted molar refractivity (Wildman–Crippen MR) is 87.5 cm³/mol. The number of anilines is 1. The summed E-state index contributed by atoms with van der Waals surface area (Å²) in [6, 6.07) is 4.55. The first-order valence-corrected chi connectivity index (χ1v) is 7.86. The first-order chi connectivity index (χ1) is 9.45. The second-order valence-electron chi connectivity index (χ2n) is 4.14. The van der Waals surface area contributed by atoms with Crippen LogP contribution in [0.25, 0.3) is 10.4 Å². The molecule has 3 nitrogen and oxygen atoms in total. The zero-order valence-electron chi connectivity index (χ0n) is 11.0. The lowest BCUT2D eigenvalue weighted by atomic mass is 10.1. The van der Waals surface area contributed by atoms with Crippen LogP contribution in [0.15, 0.2) is 18.2 Å². The Morgan fingerprint density at radius 2 is 2.20 bits per heavy atom. The van der Waals surface area contributed by atoms with Crippen molar-refractivity contribution in [3.05, 3.63) is 38.0 Å². The van der Waals surface area contributed by atoms with Crippen molar-refractivity contribution in [1.29, 1.82) is 0 Å². The lowest BCUT2D eigenvalue weighted by Gasteiger charge is -2.03. The van der Waals surface area contributed by atoms with Crippen molar-refractivity contribution < 1.29 is 13.9 Å². The van der Waals surface area contributed by atoms with E-state index in [1.807, 2.05) is 6.92 Å². The van der Waals surface area contributed by atoms with Gasteiger partial charge in [0.05, 0.1) is 12.3 Å². The van der Waals surface area contributed by atoms with Crippen molar-refractivity contribution in [3.63, 3.8) is 0 Å². The highest BCUT2D eigenvalue weighted by Gasteiger charge is 2.21. The van der Waals surface area contributed by atoms with E-state index in [9.17, 15) is 9.18 Å². The quantitative estimate of drug-likeness (QED) is 0.615. The normalized spacial score (nSPS) is 10.6. The summed E-state index contributed by atoms with van der Waals surface area (Å²) in [4.78, 5) is 13.1. The molecule has 0 aliphatic heterocycles. The van der Waals surface area contributed by atoms with E-state index in [1.165, 1.54) is 23.5 Å². The van der Waals surface area contributed by atoms with Gasteiger partial charge in [0, 0.05) is 14.0 Å². The zero-order valence-corrected chi connectivity index (χ0v) is 14.0. The molecular formula is C14H13FINO2S. The minimum atomic E-state index is -0.415. The van der Waals surface area contributed by atoms with Crippen molar-refractivity contribution in [2.24, 2.45) is 0 Å². The molecule has 1 aromatic carbocycles. The third-order valence-corrected chi connectivity index (χ3v) is 5.04. The van der Waals surface area contributed by atoms with E-state index in [1.54, 1.807) is 13.0 Å². The molecule has 2 rings (SSSR count). The topological polar surface area (TPSA) is 52.3 Å². The number of thiophene rings is 1. The first kappa shape index (κ1) is 15.2. The highest BCUT2D eigenvalue weighted by molar-refractivity contribution is 14.1. The Morgan fingerprint density at radius 1 is 1.50 bits per heavy atom. The number of ether oxygens (including phenoxy) is 1. The summed E-state index contributed by atoms with van der Waals surface area (Å²) >= 11 is 3.35. The Kier molecular flexibility index (Phi) is 4.64. The van der Waals surface area contributed by atoms with E-state index >= 15 is 0 Å². The summed E-state index contributed by atoms with van der Waals surface area (Å²) in [5, 5.41) is 0. The fourth-order valence-corrected chi connectivity index (χ4v) is 3.90. The number of hydrogen-bond donors (Lipinski definition) is 1. The van der Waals surface area contributed by atoms with Crippen LogP contribution in [0.2, 0.25) is 0 Å². The Bertz CT molecular complexity index is 669. The zero-order chi connectivity index (χ0) is 14.9. The molecule has 0 fully saturated rings. The van der Waals surface area contributed by atoms with Gasteiger partial charge in [0.1, 0.15) is 10.7 Å². The molecule has 6 heteroatoms. The minimum Gasteiger partial charge on any atom is -0.462 e. The van der Waals surface area contributed by atoms with Crippen molar-refractivity contribution >= 4 is 45.6 Å². The van der Waals surface area contributed by atoms with Crippen LogP contribution in [0.5, 0.6) is 0 Å². The van der Waals surface area contributed by atoms with Crippen molar-refractivity contribution in [2.75, 3.05) is 12.3 Å². The molecule has 0 saturated carbocycles. The van der Waals surface area contributed by atoms with E-state index < -0.39 is 5.97 Å². The highest BCUT2D eigenvalue weighted by atomic mass is 127. The minimum absolute atomic E-state index is 0.286.